The fourth-order valence-corrected chi connectivity index (χ4v) is 4.68. The fraction of sp³-hybridized carbons (Fsp3) is 0.556. The molecule has 0 nitrogen and oxygen atoms in total. The average Bonchev–Trinajstić information content (AvgIpc) is 2.71. The van der Waals surface area contributed by atoms with Gasteiger partial charge >= 0.3 is 0 Å². The van der Waals surface area contributed by atoms with Crippen LogP contribution in [0.25, 0.3) is 0 Å². The minimum atomic E-state index is 0.568. The second kappa shape index (κ2) is 10.1. The number of benzene rings is 2. The summed E-state index contributed by atoms with van der Waals surface area (Å²) in [4.78, 5) is 0. The van der Waals surface area contributed by atoms with Crippen molar-refractivity contribution in [1.82, 2.24) is 0 Å². The quantitative estimate of drug-likeness (QED) is 0.434. The monoisotopic (exact) mass is 364 g/mol. The lowest BCUT2D eigenvalue weighted by Crippen LogP contribution is -2.09. The molecule has 0 heterocycles. The first-order valence-corrected chi connectivity index (χ1v) is 11.3. The second-order valence-corrected chi connectivity index (χ2v) is 7.94. The maximum Gasteiger partial charge on any atom is -0.0147 e. The van der Waals surface area contributed by atoms with Gasteiger partial charge in [-0.1, -0.05) is 72.7 Å². The number of hydrogen-bond donors (Lipinski definition) is 0. The third kappa shape index (κ3) is 4.84. The van der Waals surface area contributed by atoms with E-state index < -0.39 is 0 Å². The van der Waals surface area contributed by atoms with Gasteiger partial charge in [-0.15, -0.1) is 0 Å². The van der Waals surface area contributed by atoms with Crippen molar-refractivity contribution in [3.63, 3.8) is 0 Å². The molecule has 0 aliphatic heterocycles. The molecule has 0 bridgehead atoms. The minimum absolute atomic E-state index is 0.568. The van der Waals surface area contributed by atoms with E-state index in [1.165, 1.54) is 11.1 Å². The normalized spacial score (nSPS) is 12.4. The molecular formula is C27H40. The Morgan fingerprint density at radius 1 is 0.556 bits per heavy atom. The Labute approximate surface area is 168 Å². The highest BCUT2D eigenvalue weighted by Gasteiger charge is 2.17. The van der Waals surface area contributed by atoms with Gasteiger partial charge in [-0.05, 0) is 95.4 Å². The second-order valence-electron chi connectivity index (χ2n) is 7.94. The molecule has 0 aromatic heterocycles. The van der Waals surface area contributed by atoms with Crippen LogP contribution < -0.4 is 0 Å². The summed E-state index contributed by atoms with van der Waals surface area (Å²) >= 11 is 0. The van der Waals surface area contributed by atoms with E-state index in [-0.39, 0.29) is 0 Å². The molecule has 0 amide bonds. The van der Waals surface area contributed by atoms with E-state index >= 15 is 0 Å². The SMILES string of the molecule is CCc1cc(CC)c(CC)c(CC(C)c2cc(CC)cc(CC)c2CC)c1. The molecule has 0 aliphatic carbocycles. The van der Waals surface area contributed by atoms with E-state index in [4.69, 9.17) is 0 Å². The maximum atomic E-state index is 2.50. The molecule has 148 valence electrons. The van der Waals surface area contributed by atoms with Crippen LogP contribution in [0, 0.1) is 0 Å². The van der Waals surface area contributed by atoms with E-state index in [0.29, 0.717) is 5.92 Å². The van der Waals surface area contributed by atoms with Crippen molar-refractivity contribution in [2.24, 2.45) is 0 Å². The lowest BCUT2D eigenvalue weighted by molar-refractivity contribution is 0.732. The van der Waals surface area contributed by atoms with Gasteiger partial charge in [-0.2, -0.15) is 0 Å². The molecule has 0 aliphatic rings. The van der Waals surface area contributed by atoms with Gasteiger partial charge in [0, 0.05) is 0 Å². The Balaban J connectivity index is 2.50. The van der Waals surface area contributed by atoms with Gasteiger partial charge < -0.3 is 0 Å². The summed E-state index contributed by atoms with van der Waals surface area (Å²) in [6, 6.07) is 9.87. The van der Waals surface area contributed by atoms with Crippen LogP contribution >= 0.6 is 0 Å². The summed E-state index contributed by atoms with van der Waals surface area (Å²) < 4.78 is 0. The predicted molar refractivity (Wildman–Crippen MR) is 121 cm³/mol. The summed E-state index contributed by atoms with van der Waals surface area (Å²) in [6.45, 7) is 16.2. The molecule has 0 spiro atoms. The first-order valence-electron chi connectivity index (χ1n) is 11.3. The largest absolute Gasteiger partial charge is 0.0613 e. The van der Waals surface area contributed by atoms with Crippen LogP contribution in [0.4, 0.5) is 0 Å². The van der Waals surface area contributed by atoms with Gasteiger partial charge in [0.25, 0.3) is 0 Å². The lowest BCUT2D eigenvalue weighted by atomic mass is 9.82. The molecule has 0 fully saturated rings. The Kier molecular flexibility index (Phi) is 8.14. The van der Waals surface area contributed by atoms with Crippen molar-refractivity contribution in [3.8, 4) is 0 Å². The van der Waals surface area contributed by atoms with E-state index in [0.717, 1.165) is 44.9 Å². The molecule has 0 saturated heterocycles. The van der Waals surface area contributed by atoms with E-state index in [9.17, 15) is 0 Å². The first-order chi connectivity index (χ1) is 13.0. The van der Waals surface area contributed by atoms with Crippen molar-refractivity contribution in [2.45, 2.75) is 99.3 Å². The highest BCUT2D eigenvalue weighted by atomic mass is 14.2. The number of aryl methyl sites for hydroxylation is 4. The molecule has 0 saturated carbocycles. The van der Waals surface area contributed by atoms with Crippen LogP contribution in [0.3, 0.4) is 0 Å². The van der Waals surface area contributed by atoms with Crippen molar-refractivity contribution < 1.29 is 0 Å². The van der Waals surface area contributed by atoms with Crippen LogP contribution in [0.15, 0.2) is 24.3 Å². The first kappa shape index (κ1) is 21.7. The molecular weight excluding hydrogens is 324 g/mol. The van der Waals surface area contributed by atoms with Gasteiger partial charge in [0.2, 0.25) is 0 Å². The average molecular weight is 365 g/mol. The maximum absolute atomic E-state index is 2.50. The molecule has 2 aromatic rings. The van der Waals surface area contributed by atoms with Crippen LogP contribution in [0.2, 0.25) is 0 Å². The molecule has 2 aromatic carbocycles. The van der Waals surface area contributed by atoms with Crippen LogP contribution in [-0.4, -0.2) is 0 Å². The zero-order valence-electron chi connectivity index (χ0n) is 18.8. The molecule has 0 radical (unpaired) electrons. The summed E-state index contributed by atoms with van der Waals surface area (Å²) in [5, 5.41) is 0. The van der Waals surface area contributed by atoms with E-state index in [2.05, 4.69) is 72.7 Å². The standard InChI is InChI=1S/C27H40/c1-8-20-15-22(10-3)25(12-5)24(17-20)14-19(7)27-18-21(9-2)16-23(11-4)26(27)13-6/h15-19H,8-14H2,1-7H3. The van der Waals surface area contributed by atoms with Crippen LogP contribution in [0.5, 0.6) is 0 Å². The topological polar surface area (TPSA) is 0 Å². The Hall–Kier alpha value is -1.56. The zero-order valence-corrected chi connectivity index (χ0v) is 18.8. The van der Waals surface area contributed by atoms with Gasteiger partial charge in [-0.3, -0.25) is 0 Å². The molecule has 1 unspecified atom stereocenters. The van der Waals surface area contributed by atoms with Crippen molar-refractivity contribution in [3.05, 3.63) is 68.8 Å². The van der Waals surface area contributed by atoms with Gasteiger partial charge in [0.05, 0.1) is 0 Å². The Morgan fingerprint density at radius 2 is 1.04 bits per heavy atom. The highest BCUT2D eigenvalue weighted by Crippen LogP contribution is 2.31. The third-order valence-corrected chi connectivity index (χ3v) is 6.27. The molecule has 1 atom stereocenters. The molecule has 2 rings (SSSR count). The minimum Gasteiger partial charge on any atom is -0.0613 e. The fourth-order valence-electron chi connectivity index (χ4n) is 4.68. The summed E-state index contributed by atoms with van der Waals surface area (Å²) in [5.74, 6) is 0.568. The molecule has 0 heteroatoms. The van der Waals surface area contributed by atoms with Gasteiger partial charge in [-0.25, -0.2) is 0 Å². The molecule has 27 heavy (non-hydrogen) atoms. The summed E-state index contributed by atoms with van der Waals surface area (Å²) in [5.41, 5.74) is 12.5. The lowest BCUT2D eigenvalue weighted by Gasteiger charge is -2.23. The zero-order chi connectivity index (χ0) is 20.0. The third-order valence-electron chi connectivity index (χ3n) is 6.27. The molecule has 0 N–H and O–H groups in total. The van der Waals surface area contributed by atoms with Crippen molar-refractivity contribution in [2.75, 3.05) is 0 Å². The Morgan fingerprint density at radius 3 is 1.52 bits per heavy atom. The smallest absolute Gasteiger partial charge is 0.0147 e. The summed E-state index contributed by atoms with van der Waals surface area (Å²) in [6.07, 6.45) is 7.99. The van der Waals surface area contributed by atoms with E-state index in [1.54, 1.807) is 33.4 Å². The van der Waals surface area contributed by atoms with Gasteiger partial charge in [0.1, 0.15) is 0 Å². The van der Waals surface area contributed by atoms with Gasteiger partial charge in [0.15, 0.2) is 0 Å². The highest BCUT2D eigenvalue weighted by molar-refractivity contribution is 5.44. The van der Waals surface area contributed by atoms with Crippen molar-refractivity contribution in [1.29, 1.82) is 0 Å². The summed E-state index contributed by atoms with van der Waals surface area (Å²) in [7, 11) is 0. The van der Waals surface area contributed by atoms with E-state index in [1.807, 2.05) is 0 Å². The Bertz CT molecular complexity index is 751. The predicted octanol–water partition coefficient (Wildman–Crippen LogP) is 7.41. The number of hydrogen-bond acceptors (Lipinski definition) is 0. The van der Waals surface area contributed by atoms with Crippen LogP contribution in [-0.2, 0) is 44.9 Å². The van der Waals surface area contributed by atoms with Crippen molar-refractivity contribution >= 4 is 0 Å². The number of rotatable bonds is 9. The van der Waals surface area contributed by atoms with Crippen LogP contribution in [0.1, 0.15) is 98.9 Å².